The van der Waals surface area contributed by atoms with Gasteiger partial charge in [-0.2, -0.15) is 0 Å². The molecule has 0 aliphatic rings. The van der Waals surface area contributed by atoms with Gasteiger partial charge in [0.15, 0.2) is 0 Å². The number of hydrogen-bond acceptors (Lipinski definition) is 4. The molecule has 0 amide bonds. The second-order valence-corrected chi connectivity index (χ2v) is 7.38. The molecule has 0 bridgehead atoms. The first-order valence-electron chi connectivity index (χ1n) is 7.43. The van der Waals surface area contributed by atoms with Crippen LogP contribution in [0.4, 0.5) is 4.39 Å². The van der Waals surface area contributed by atoms with Crippen LogP contribution in [0.25, 0.3) is 22.4 Å². The van der Waals surface area contributed by atoms with Gasteiger partial charge in [-0.25, -0.2) is 17.9 Å². The van der Waals surface area contributed by atoms with E-state index < -0.39 is 20.7 Å². The number of benzene rings is 2. The van der Waals surface area contributed by atoms with E-state index in [1.54, 1.807) is 36.5 Å². The number of nitrogens with zero attached hydrogens (tertiary/aromatic N) is 1. The van der Waals surface area contributed by atoms with Crippen LogP contribution in [0.5, 0.6) is 5.75 Å². The smallest absolute Gasteiger partial charge is 0.240 e. The molecule has 0 spiro atoms. The van der Waals surface area contributed by atoms with Gasteiger partial charge in [0.1, 0.15) is 16.5 Å². The molecule has 0 atom stereocenters. The Morgan fingerprint density at radius 1 is 1.12 bits per heavy atom. The highest BCUT2D eigenvalue weighted by molar-refractivity contribution is 7.89. The molecule has 0 aliphatic carbocycles. The monoisotopic (exact) mass is 392 g/mol. The molecular formula is C18H14ClFN2O3S. The van der Waals surface area contributed by atoms with E-state index >= 15 is 0 Å². The third kappa shape index (κ3) is 3.55. The average molecular weight is 393 g/mol. The first kappa shape index (κ1) is 18.3. The van der Waals surface area contributed by atoms with E-state index in [2.05, 4.69) is 4.98 Å². The van der Waals surface area contributed by atoms with E-state index in [-0.39, 0.29) is 0 Å². The Morgan fingerprint density at radius 2 is 1.85 bits per heavy atom. The Hall–Kier alpha value is -2.48. The Morgan fingerprint density at radius 3 is 2.46 bits per heavy atom. The number of pyridine rings is 1. The minimum Gasteiger partial charge on any atom is -0.495 e. The third-order valence-electron chi connectivity index (χ3n) is 3.78. The number of sulfonamides is 1. The molecule has 3 rings (SSSR count). The summed E-state index contributed by atoms with van der Waals surface area (Å²) in [5.74, 6) is -0.399. The number of hydrogen-bond donors (Lipinski definition) is 1. The summed E-state index contributed by atoms with van der Waals surface area (Å²) in [6.45, 7) is 0. The first-order valence-corrected chi connectivity index (χ1v) is 9.35. The Labute approximate surface area is 155 Å². The summed E-state index contributed by atoms with van der Waals surface area (Å²) < 4.78 is 42.1. The van der Waals surface area contributed by atoms with Gasteiger partial charge in [-0.05, 0) is 42.0 Å². The fourth-order valence-corrected chi connectivity index (χ4v) is 3.43. The molecule has 3 aromatic rings. The van der Waals surface area contributed by atoms with Crippen molar-refractivity contribution in [1.29, 1.82) is 0 Å². The van der Waals surface area contributed by atoms with Gasteiger partial charge < -0.3 is 4.74 Å². The molecule has 5 nitrogen and oxygen atoms in total. The van der Waals surface area contributed by atoms with Crippen LogP contribution >= 0.6 is 11.6 Å². The second-order valence-electron chi connectivity index (χ2n) is 5.44. The molecule has 2 aromatic carbocycles. The van der Waals surface area contributed by atoms with E-state index in [4.69, 9.17) is 21.5 Å². The van der Waals surface area contributed by atoms with Crippen molar-refractivity contribution in [2.75, 3.05) is 7.11 Å². The summed E-state index contributed by atoms with van der Waals surface area (Å²) in [7, 11) is -2.61. The lowest BCUT2D eigenvalue weighted by molar-refractivity contribution is 0.415. The summed E-state index contributed by atoms with van der Waals surface area (Å²) in [6, 6.07) is 12.4. The van der Waals surface area contributed by atoms with Gasteiger partial charge in [0.2, 0.25) is 10.0 Å². The second kappa shape index (κ2) is 7.03. The zero-order valence-electron chi connectivity index (χ0n) is 13.6. The highest BCUT2D eigenvalue weighted by Gasteiger charge is 2.17. The Bertz CT molecular complexity index is 1090. The van der Waals surface area contributed by atoms with Crippen molar-refractivity contribution in [2.24, 2.45) is 5.14 Å². The molecule has 26 heavy (non-hydrogen) atoms. The third-order valence-corrected chi connectivity index (χ3v) is 5.02. The van der Waals surface area contributed by atoms with E-state index in [1.165, 1.54) is 13.2 Å². The lowest BCUT2D eigenvalue weighted by Crippen LogP contribution is -2.13. The standard InChI is InChI=1S/C18H14ClFN2O3S/c1-25-16-6-4-12(9-14(16)19)18-13(3-2-8-22-18)11-5-7-17(15(20)10-11)26(21,23)24/h2-10H,1H3,(H2,21,23,24). The average Bonchev–Trinajstić information content (AvgIpc) is 2.60. The number of halogens is 2. The number of rotatable bonds is 4. The van der Waals surface area contributed by atoms with Crippen LogP contribution in [0.3, 0.4) is 0 Å². The Balaban J connectivity index is 2.14. The molecule has 1 aromatic heterocycles. The van der Waals surface area contributed by atoms with Gasteiger partial charge in [0.05, 0.1) is 17.8 Å². The van der Waals surface area contributed by atoms with Crippen LogP contribution < -0.4 is 9.88 Å². The van der Waals surface area contributed by atoms with E-state index in [1.807, 2.05) is 0 Å². The van der Waals surface area contributed by atoms with Gasteiger partial charge >= 0.3 is 0 Å². The van der Waals surface area contributed by atoms with Gasteiger partial charge in [-0.15, -0.1) is 0 Å². The van der Waals surface area contributed by atoms with E-state index in [9.17, 15) is 12.8 Å². The molecular weight excluding hydrogens is 379 g/mol. The van der Waals surface area contributed by atoms with Crippen molar-refractivity contribution in [3.05, 3.63) is 65.6 Å². The number of nitrogens with two attached hydrogens (primary N) is 1. The fraction of sp³-hybridized carbons (Fsp3) is 0.0556. The highest BCUT2D eigenvalue weighted by atomic mass is 35.5. The molecule has 2 N–H and O–H groups in total. The zero-order chi connectivity index (χ0) is 18.9. The van der Waals surface area contributed by atoms with Crippen molar-refractivity contribution in [1.82, 2.24) is 4.98 Å². The summed E-state index contributed by atoms with van der Waals surface area (Å²) in [4.78, 5) is 3.80. The van der Waals surface area contributed by atoms with Crippen molar-refractivity contribution < 1.29 is 17.5 Å². The van der Waals surface area contributed by atoms with Crippen LogP contribution in [0.15, 0.2) is 59.6 Å². The molecule has 0 radical (unpaired) electrons. The van der Waals surface area contributed by atoms with Gasteiger partial charge in [0.25, 0.3) is 0 Å². The van der Waals surface area contributed by atoms with Gasteiger partial charge in [-0.1, -0.05) is 23.7 Å². The molecule has 0 fully saturated rings. The Kier molecular flexibility index (Phi) is 4.95. The summed E-state index contributed by atoms with van der Waals surface area (Å²) in [5.41, 5.74) is 2.36. The van der Waals surface area contributed by atoms with Crippen molar-refractivity contribution >= 4 is 21.6 Å². The maximum absolute atomic E-state index is 14.2. The normalized spacial score (nSPS) is 11.4. The van der Waals surface area contributed by atoms with Crippen LogP contribution in [-0.4, -0.2) is 20.5 Å². The number of primary sulfonamides is 1. The molecule has 0 unspecified atom stereocenters. The van der Waals surface area contributed by atoms with Crippen molar-refractivity contribution in [3.8, 4) is 28.1 Å². The molecule has 0 aliphatic heterocycles. The van der Waals surface area contributed by atoms with E-state index in [0.29, 0.717) is 33.2 Å². The molecule has 1 heterocycles. The number of methoxy groups -OCH3 is 1. The molecule has 0 saturated carbocycles. The molecule has 134 valence electrons. The van der Waals surface area contributed by atoms with Gasteiger partial charge in [-0.3, -0.25) is 4.98 Å². The maximum Gasteiger partial charge on any atom is 0.240 e. The number of ether oxygens (including phenoxy) is 1. The minimum atomic E-state index is -4.13. The summed E-state index contributed by atoms with van der Waals surface area (Å²) in [6.07, 6.45) is 1.60. The predicted octanol–water partition coefficient (Wildman–Crippen LogP) is 3.86. The van der Waals surface area contributed by atoms with Crippen LogP contribution in [0.1, 0.15) is 0 Å². The number of aromatic nitrogens is 1. The zero-order valence-corrected chi connectivity index (χ0v) is 15.2. The molecule has 8 heteroatoms. The lowest BCUT2D eigenvalue weighted by Gasteiger charge is -2.11. The van der Waals surface area contributed by atoms with E-state index in [0.717, 1.165) is 12.1 Å². The van der Waals surface area contributed by atoms with Crippen molar-refractivity contribution in [3.63, 3.8) is 0 Å². The SMILES string of the molecule is COc1ccc(-c2ncccc2-c2ccc(S(N)(=O)=O)c(F)c2)cc1Cl. The lowest BCUT2D eigenvalue weighted by atomic mass is 9.99. The van der Waals surface area contributed by atoms with Crippen LogP contribution in [-0.2, 0) is 10.0 Å². The van der Waals surface area contributed by atoms with Crippen LogP contribution in [0, 0.1) is 5.82 Å². The van der Waals surface area contributed by atoms with Crippen molar-refractivity contribution in [2.45, 2.75) is 4.90 Å². The minimum absolute atomic E-state index is 0.414. The van der Waals surface area contributed by atoms with Crippen LogP contribution in [0.2, 0.25) is 5.02 Å². The summed E-state index contributed by atoms with van der Waals surface area (Å²) in [5, 5.41) is 5.42. The molecule has 0 saturated heterocycles. The fourth-order valence-electron chi connectivity index (χ4n) is 2.58. The highest BCUT2D eigenvalue weighted by Crippen LogP contribution is 2.35. The van der Waals surface area contributed by atoms with Gasteiger partial charge in [0, 0.05) is 17.3 Å². The topological polar surface area (TPSA) is 82.3 Å². The largest absolute Gasteiger partial charge is 0.495 e. The quantitative estimate of drug-likeness (QED) is 0.730. The summed E-state index contributed by atoms with van der Waals surface area (Å²) >= 11 is 6.18. The first-order chi connectivity index (χ1) is 12.3. The predicted molar refractivity (Wildman–Crippen MR) is 98.0 cm³/mol. The maximum atomic E-state index is 14.2.